The lowest BCUT2D eigenvalue weighted by Gasteiger charge is -2.19. The molecular weight excluding hydrogens is 452 g/mol. The molecule has 1 aliphatic heterocycles. The predicted molar refractivity (Wildman–Crippen MR) is 139 cm³/mol. The Hall–Kier alpha value is -4.57. The molecule has 0 atom stereocenters. The molecule has 1 aliphatic rings. The van der Waals surface area contributed by atoms with Crippen molar-refractivity contribution >= 4 is 23.1 Å². The van der Waals surface area contributed by atoms with E-state index in [0.717, 1.165) is 22.5 Å². The number of nitrogens with one attached hydrogen (secondary N) is 1. The Kier molecular flexibility index (Phi) is 7.66. The van der Waals surface area contributed by atoms with Crippen LogP contribution in [0, 0.1) is 11.3 Å². The van der Waals surface area contributed by atoms with Crippen molar-refractivity contribution in [3.63, 3.8) is 0 Å². The molecule has 0 saturated carbocycles. The first-order valence-corrected chi connectivity index (χ1v) is 11.7. The molecule has 0 aliphatic carbocycles. The van der Waals surface area contributed by atoms with Crippen LogP contribution in [-0.2, 0) is 22.7 Å². The number of Topliss-reactive ketones (excluding diaryl/α,β-unsaturated/α-hetero) is 1. The molecule has 36 heavy (non-hydrogen) atoms. The number of hydrogen-bond acceptors (Lipinski definition) is 6. The average molecular weight is 481 g/mol. The second-order valence-electron chi connectivity index (χ2n) is 8.50. The summed E-state index contributed by atoms with van der Waals surface area (Å²) in [6.07, 6.45) is -0.0624. The largest absolute Gasteiger partial charge is 0.489 e. The maximum atomic E-state index is 12.9. The molecule has 7 heteroatoms. The summed E-state index contributed by atoms with van der Waals surface area (Å²) in [4.78, 5) is 29.1. The number of ether oxygens (including phenoxy) is 1. The van der Waals surface area contributed by atoms with E-state index in [9.17, 15) is 14.9 Å². The van der Waals surface area contributed by atoms with Crippen LogP contribution in [0.2, 0.25) is 0 Å². The molecule has 1 amide bonds. The van der Waals surface area contributed by atoms with Gasteiger partial charge in [-0.2, -0.15) is 5.26 Å². The number of allylic oxidation sites excluding steroid dienone is 1. The first-order valence-electron chi connectivity index (χ1n) is 11.7. The van der Waals surface area contributed by atoms with E-state index in [1.165, 1.54) is 0 Å². The summed E-state index contributed by atoms with van der Waals surface area (Å²) in [5, 5.41) is 12.6. The molecule has 1 heterocycles. The van der Waals surface area contributed by atoms with E-state index in [1.54, 1.807) is 0 Å². The Morgan fingerprint density at radius 3 is 2.14 bits per heavy atom. The van der Waals surface area contributed by atoms with Crippen molar-refractivity contribution in [2.45, 2.75) is 26.0 Å². The van der Waals surface area contributed by atoms with Crippen LogP contribution in [0.15, 0.2) is 90.3 Å². The molecule has 7 nitrogen and oxygen atoms in total. The van der Waals surface area contributed by atoms with E-state index < -0.39 is 0 Å². The van der Waals surface area contributed by atoms with Gasteiger partial charge >= 0.3 is 0 Å². The van der Waals surface area contributed by atoms with E-state index in [1.807, 2.05) is 103 Å². The van der Waals surface area contributed by atoms with Gasteiger partial charge in [-0.3, -0.25) is 9.59 Å². The third-order valence-electron chi connectivity index (χ3n) is 6.12. The lowest BCUT2D eigenvalue weighted by atomic mass is 10.1. The fourth-order valence-electron chi connectivity index (χ4n) is 4.22. The summed E-state index contributed by atoms with van der Waals surface area (Å²) >= 11 is 0. The molecule has 4 rings (SSSR count). The molecule has 0 saturated heterocycles. The Morgan fingerprint density at radius 2 is 1.47 bits per heavy atom. The number of carbonyl (C=O) groups excluding carboxylic acids is 2. The highest BCUT2D eigenvalue weighted by molar-refractivity contribution is 6.03. The molecule has 3 aromatic rings. The van der Waals surface area contributed by atoms with Crippen molar-refractivity contribution < 1.29 is 14.3 Å². The Labute approximate surface area is 211 Å². The van der Waals surface area contributed by atoms with Gasteiger partial charge in [0.25, 0.3) is 0 Å². The topological polar surface area (TPSA) is 85.7 Å². The van der Waals surface area contributed by atoms with Crippen molar-refractivity contribution in [1.29, 1.82) is 5.26 Å². The Morgan fingerprint density at radius 1 is 0.861 bits per heavy atom. The lowest BCUT2D eigenvalue weighted by Crippen LogP contribution is -2.27. The summed E-state index contributed by atoms with van der Waals surface area (Å²) < 4.78 is 5.95. The molecule has 1 N–H and O–H groups in total. The van der Waals surface area contributed by atoms with Crippen LogP contribution in [0.1, 0.15) is 24.0 Å². The number of rotatable bonds is 9. The number of nitrogens with zero attached hydrogens (tertiary/aromatic N) is 3. The molecule has 0 aromatic heterocycles. The maximum Gasteiger partial charge on any atom is 0.220 e. The molecule has 0 radical (unpaired) electrons. The van der Waals surface area contributed by atoms with Crippen molar-refractivity contribution in [1.82, 2.24) is 5.32 Å². The highest BCUT2D eigenvalue weighted by Gasteiger charge is 2.31. The number of fused-ring (bicyclic) bond motifs is 1. The number of anilines is 2. The SMILES string of the molecule is CN1C(=C(C#N)C(=O)CCC(=O)NCc2ccccc2OCc2ccccc2)N(C)c2ccccc21. The molecule has 0 bridgehead atoms. The quantitative estimate of drug-likeness (QED) is 0.357. The van der Waals surface area contributed by atoms with Gasteiger partial charge in [0, 0.05) is 39.0 Å². The highest BCUT2D eigenvalue weighted by Crippen LogP contribution is 2.40. The fourth-order valence-corrected chi connectivity index (χ4v) is 4.22. The number of amides is 1. The second kappa shape index (κ2) is 11.2. The second-order valence-corrected chi connectivity index (χ2v) is 8.50. The number of carbonyl (C=O) groups is 2. The summed E-state index contributed by atoms with van der Waals surface area (Å²) in [6, 6.07) is 27.1. The van der Waals surface area contributed by atoms with Crippen LogP contribution < -0.4 is 19.9 Å². The third kappa shape index (κ3) is 5.39. The van der Waals surface area contributed by atoms with Gasteiger partial charge < -0.3 is 19.9 Å². The van der Waals surface area contributed by atoms with Crippen molar-refractivity contribution in [3.05, 3.63) is 101 Å². The molecule has 0 spiro atoms. The molecule has 182 valence electrons. The van der Waals surface area contributed by atoms with E-state index in [-0.39, 0.29) is 36.6 Å². The first kappa shape index (κ1) is 24.6. The monoisotopic (exact) mass is 480 g/mol. The van der Waals surface area contributed by atoms with E-state index >= 15 is 0 Å². The van der Waals surface area contributed by atoms with Gasteiger partial charge in [0.05, 0.1) is 11.4 Å². The standard InChI is InChI=1S/C29H28N4O3/c1-32-24-13-7-8-14-25(24)33(2)29(32)23(18-30)26(34)16-17-28(35)31-19-22-12-6-9-15-27(22)36-20-21-10-4-3-5-11-21/h3-15H,16-17,19-20H2,1-2H3,(H,31,35). The molecule has 0 unspecified atom stereocenters. The lowest BCUT2D eigenvalue weighted by molar-refractivity contribution is -0.124. The van der Waals surface area contributed by atoms with Gasteiger partial charge in [0.1, 0.15) is 29.8 Å². The zero-order chi connectivity index (χ0) is 25.5. The molecule has 0 fully saturated rings. The average Bonchev–Trinajstić information content (AvgIpc) is 3.16. The zero-order valence-electron chi connectivity index (χ0n) is 20.4. The van der Waals surface area contributed by atoms with Gasteiger partial charge in [0.15, 0.2) is 5.78 Å². The summed E-state index contributed by atoms with van der Waals surface area (Å²) in [5.41, 5.74) is 3.78. The number of nitriles is 1. The number of benzene rings is 3. The van der Waals surface area contributed by atoms with E-state index in [0.29, 0.717) is 18.2 Å². The number of para-hydroxylation sites is 3. The maximum absolute atomic E-state index is 12.9. The van der Waals surface area contributed by atoms with Crippen molar-refractivity contribution in [3.8, 4) is 11.8 Å². The third-order valence-corrected chi connectivity index (χ3v) is 6.12. The smallest absolute Gasteiger partial charge is 0.220 e. The first-order chi connectivity index (χ1) is 17.5. The minimum Gasteiger partial charge on any atom is -0.489 e. The predicted octanol–water partition coefficient (Wildman–Crippen LogP) is 4.55. The number of ketones is 1. The normalized spacial score (nSPS) is 12.1. The minimum atomic E-state index is -0.360. The van der Waals surface area contributed by atoms with Crippen molar-refractivity contribution in [2.75, 3.05) is 23.9 Å². The van der Waals surface area contributed by atoms with Crippen LogP contribution in [0.25, 0.3) is 0 Å². The zero-order valence-corrected chi connectivity index (χ0v) is 20.4. The highest BCUT2D eigenvalue weighted by atomic mass is 16.5. The van der Waals surface area contributed by atoms with Gasteiger partial charge in [0.2, 0.25) is 5.91 Å². The molecule has 3 aromatic carbocycles. The summed E-state index contributed by atoms with van der Waals surface area (Å²) in [5.74, 6) is 0.593. The Bertz CT molecular complexity index is 1300. The molecular formula is C29H28N4O3. The van der Waals surface area contributed by atoms with Crippen LogP contribution in [0.5, 0.6) is 5.75 Å². The van der Waals surface area contributed by atoms with Crippen LogP contribution in [-0.4, -0.2) is 25.8 Å². The van der Waals surface area contributed by atoms with Crippen LogP contribution in [0.3, 0.4) is 0 Å². The van der Waals surface area contributed by atoms with E-state index in [2.05, 4.69) is 11.4 Å². The van der Waals surface area contributed by atoms with Crippen LogP contribution in [0.4, 0.5) is 11.4 Å². The Balaban J connectivity index is 1.34. The fraction of sp³-hybridized carbons (Fsp3) is 0.207. The van der Waals surface area contributed by atoms with Gasteiger partial charge in [-0.15, -0.1) is 0 Å². The number of hydrogen-bond donors (Lipinski definition) is 1. The van der Waals surface area contributed by atoms with Crippen LogP contribution >= 0.6 is 0 Å². The summed E-state index contributed by atoms with van der Waals surface area (Å²) in [7, 11) is 3.65. The van der Waals surface area contributed by atoms with Gasteiger partial charge in [-0.05, 0) is 23.8 Å². The van der Waals surface area contributed by atoms with E-state index in [4.69, 9.17) is 4.74 Å². The summed E-state index contributed by atoms with van der Waals surface area (Å²) in [6.45, 7) is 0.712. The van der Waals surface area contributed by atoms with Crippen molar-refractivity contribution in [2.24, 2.45) is 0 Å². The van der Waals surface area contributed by atoms with Gasteiger partial charge in [-0.25, -0.2) is 0 Å². The minimum absolute atomic E-state index is 0.00922. The van der Waals surface area contributed by atoms with Gasteiger partial charge in [-0.1, -0.05) is 60.7 Å².